The zero-order chi connectivity index (χ0) is 28.8. The number of rotatable bonds is 10. The van der Waals surface area contributed by atoms with Crippen molar-refractivity contribution >= 4 is 27.2 Å². The molecule has 9 nitrogen and oxygen atoms in total. The molecule has 3 saturated heterocycles. The number of benzene rings is 1. The van der Waals surface area contributed by atoms with E-state index in [0.717, 1.165) is 64.5 Å². The Labute approximate surface area is 248 Å². The maximum Gasteiger partial charge on any atom is 0.138 e. The van der Waals surface area contributed by atoms with Gasteiger partial charge in [-0.2, -0.15) is 5.10 Å². The molecule has 3 fully saturated rings. The number of halogens is 1. The number of likely N-dealkylation sites (tertiary alicyclic amines) is 1. The summed E-state index contributed by atoms with van der Waals surface area (Å²) in [6, 6.07) is 6.99. The van der Waals surface area contributed by atoms with Crippen molar-refractivity contribution in [2.24, 2.45) is 11.8 Å². The van der Waals surface area contributed by atoms with E-state index in [0.29, 0.717) is 43.9 Å². The second-order valence-electron chi connectivity index (χ2n) is 11.4. The maximum absolute atomic E-state index is 14.5. The largest absolute Gasteiger partial charge is 0.490 e. The number of aromatic nitrogens is 3. The van der Waals surface area contributed by atoms with Crippen molar-refractivity contribution in [3.63, 3.8) is 0 Å². The molecule has 4 aromatic rings. The van der Waals surface area contributed by atoms with Gasteiger partial charge in [0.1, 0.15) is 30.2 Å². The zero-order valence-electron chi connectivity index (χ0n) is 23.6. The fourth-order valence-corrected chi connectivity index (χ4v) is 7.43. The molecule has 0 spiro atoms. The number of aliphatic hydroxyl groups is 1. The minimum absolute atomic E-state index is 0.144. The number of aliphatic hydroxyl groups excluding tert-OH is 1. The van der Waals surface area contributed by atoms with E-state index < -0.39 is 6.23 Å². The smallest absolute Gasteiger partial charge is 0.138 e. The summed E-state index contributed by atoms with van der Waals surface area (Å²) in [5.41, 5.74) is 3.38. The Kier molecular flexibility index (Phi) is 7.45. The molecule has 220 valence electrons. The van der Waals surface area contributed by atoms with Crippen molar-refractivity contribution < 1.29 is 19.0 Å². The van der Waals surface area contributed by atoms with E-state index in [2.05, 4.69) is 28.2 Å². The molecule has 42 heavy (non-hydrogen) atoms. The summed E-state index contributed by atoms with van der Waals surface area (Å²) in [5, 5.41) is 21.6. The van der Waals surface area contributed by atoms with E-state index in [-0.39, 0.29) is 11.9 Å². The summed E-state index contributed by atoms with van der Waals surface area (Å²) in [6.45, 7) is 9.79. The lowest BCUT2D eigenvalue weighted by molar-refractivity contribution is -0.0336. The van der Waals surface area contributed by atoms with Gasteiger partial charge in [0.25, 0.3) is 0 Å². The van der Waals surface area contributed by atoms with Crippen LogP contribution in [-0.2, 0) is 4.74 Å². The molecule has 3 aliphatic heterocycles. The molecule has 0 saturated carbocycles. The van der Waals surface area contributed by atoms with E-state index in [1.807, 2.05) is 22.0 Å². The van der Waals surface area contributed by atoms with Crippen LogP contribution in [0.1, 0.15) is 6.04 Å². The molecule has 1 aromatic carbocycles. The van der Waals surface area contributed by atoms with Gasteiger partial charge in [-0.1, -0.05) is 6.58 Å². The molecule has 11 heteroatoms. The molecule has 7 rings (SSSR count). The van der Waals surface area contributed by atoms with E-state index >= 15 is 0 Å². The molecule has 2 N–H and O–H groups in total. The SMILES string of the molecule is C=CC(O)N1CC(n2cc(-c3nc(N4CC5CNCC5C4)c4ccsc4c3-c3ccc(F)cc3OCCOC)cn2)C1. The topological polar surface area (TPSA) is 87.9 Å². The molecule has 6 heterocycles. The number of nitrogens with one attached hydrogen (secondary N) is 1. The van der Waals surface area contributed by atoms with Crippen molar-refractivity contribution in [1.82, 2.24) is 25.0 Å². The first kappa shape index (κ1) is 27.5. The summed E-state index contributed by atoms with van der Waals surface area (Å²) in [6.07, 6.45) is 4.78. The minimum atomic E-state index is -0.654. The predicted molar refractivity (Wildman–Crippen MR) is 162 cm³/mol. The second-order valence-corrected chi connectivity index (χ2v) is 12.3. The highest BCUT2D eigenvalue weighted by atomic mass is 32.1. The molecule has 0 radical (unpaired) electrons. The van der Waals surface area contributed by atoms with Crippen LogP contribution in [0.3, 0.4) is 0 Å². The van der Waals surface area contributed by atoms with Gasteiger partial charge in [0.05, 0.1) is 24.5 Å². The fourth-order valence-electron chi connectivity index (χ4n) is 6.47. The van der Waals surface area contributed by atoms with Gasteiger partial charge < -0.3 is 24.8 Å². The van der Waals surface area contributed by atoms with Crippen LogP contribution < -0.4 is 15.0 Å². The van der Waals surface area contributed by atoms with Gasteiger partial charge >= 0.3 is 0 Å². The van der Waals surface area contributed by atoms with Crippen LogP contribution in [0, 0.1) is 17.7 Å². The van der Waals surface area contributed by atoms with Gasteiger partial charge in [-0.3, -0.25) is 9.58 Å². The van der Waals surface area contributed by atoms with Crippen LogP contribution >= 0.6 is 11.3 Å². The summed E-state index contributed by atoms with van der Waals surface area (Å²) in [5.74, 6) is 2.33. The lowest BCUT2D eigenvalue weighted by Gasteiger charge is -2.41. The van der Waals surface area contributed by atoms with Crippen LogP contribution in [0.4, 0.5) is 10.2 Å². The standard InChI is InChI=1S/C31H35FN6O3S/c1-3-27(39)36-17-23(18-36)38-16-21(13-34-38)29-28(24-5-4-22(32)10-26(24)41-8-7-40-2)30-25(6-9-42-30)31(35-29)37-14-19-11-33-12-20(19)15-37/h3-6,9-10,13,16,19-20,23,27,33,39H,1,7-8,11-12,14-15,17-18H2,2H3. The average molecular weight is 591 g/mol. The Hall–Kier alpha value is -3.35. The Balaban J connectivity index is 1.34. The van der Waals surface area contributed by atoms with Gasteiger partial charge in [0.2, 0.25) is 0 Å². The Bertz CT molecular complexity index is 1590. The van der Waals surface area contributed by atoms with Crippen molar-refractivity contribution in [2.45, 2.75) is 12.3 Å². The van der Waals surface area contributed by atoms with Crippen LogP contribution in [0.25, 0.3) is 32.5 Å². The predicted octanol–water partition coefficient (Wildman–Crippen LogP) is 4.01. The lowest BCUT2D eigenvalue weighted by atomic mass is 9.98. The third-order valence-corrected chi connectivity index (χ3v) is 9.69. The van der Waals surface area contributed by atoms with Crippen LogP contribution in [-0.4, -0.2) is 90.6 Å². The highest BCUT2D eigenvalue weighted by Crippen LogP contribution is 2.47. The van der Waals surface area contributed by atoms with E-state index in [9.17, 15) is 9.50 Å². The summed E-state index contributed by atoms with van der Waals surface area (Å²) in [4.78, 5) is 9.76. The summed E-state index contributed by atoms with van der Waals surface area (Å²) < 4.78 is 28.8. The Morgan fingerprint density at radius 2 is 2.00 bits per heavy atom. The number of methoxy groups -OCH3 is 1. The van der Waals surface area contributed by atoms with Crippen LogP contribution in [0.5, 0.6) is 5.75 Å². The first-order valence-electron chi connectivity index (χ1n) is 14.4. The third kappa shape index (κ3) is 4.88. The van der Waals surface area contributed by atoms with Crippen LogP contribution in [0.15, 0.2) is 54.7 Å². The molecule has 0 bridgehead atoms. The molecular weight excluding hydrogens is 555 g/mol. The number of fused-ring (bicyclic) bond motifs is 2. The molecule has 3 atom stereocenters. The van der Waals surface area contributed by atoms with E-state index in [4.69, 9.17) is 19.6 Å². The molecule has 3 aliphatic rings. The molecule has 0 amide bonds. The Morgan fingerprint density at radius 3 is 2.76 bits per heavy atom. The average Bonchev–Trinajstić information content (AvgIpc) is 3.76. The monoisotopic (exact) mass is 590 g/mol. The number of thiophene rings is 1. The first-order chi connectivity index (χ1) is 20.5. The fraction of sp³-hybridized carbons (Fsp3) is 0.419. The summed E-state index contributed by atoms with van der Waals surface area (Å²) in [7, 11) is 1.62. The van der Waals surface area contributed by atoms with Crippen molar-refractivity contribution in [1.29, 1.82) is 0 Å². The first-order valence-corrected chi connectivity index (χ1v) is 15.3. The highest BCUT2D eigenvalue weighted by Gasteiger charge is 2.38. The van der Waals surface area contributed by atoms with Gasteiger partial charge in [-0.25, -0.2) is 9.37 Å². The number of hydrogen-bond donors (Lipinski definition) is 2. The second kappa shape index (κ2) is 11.4. The molecule has 3 unspecified atom stereocenters. The van der Waals surface area contributed by atoms with E-state index in [1.165, 1.54) is 18.2 Å². The number of hydrogen-bond acceptors (Lipinski definition) is 9. The molecular formula is C31H35FN6O3S. The number of pyridine rings is 1. The molecule has 3 aromatic heterocycles. The Morgan fingerprint density at radius 1 is 1.19 bits per heavy atom. The third-order valence-electron chi connectivity index (χ3n) is 8.76. The van der Waals surface area contributed by atoms with Gasteiger partial charge in [-0.15, -0.1) is 11.3 Å². The lowest BCUT2D eigenvalue weighted by Crippen LogP contribution is -2.52. The van der Waals surface area contributed by atoms with Gasteiger partial charge in [0, 0.05) is 85.4 Å². The molecule has 0 aliphatic carbocycles. The zero-order valence-corrected chi connectivity index (χ0v) is 24.4. The maximum atomic E-state index is 14.5. The van der Waals surface area contributed by atoms with Crippen LogP contribution in [0.2, 0.25) is 0 Å². The van der Waals surface area contributed by atoms with Gasteiger partial charge in [-0.05, 0) is 41.5 Å². The van der Waals surface area contributed by atoms with Crippen molar-refractivity contribution in [2.75, 3.05) is 64.5 Å². The quantitative estimate of drug-likeness (QED) is 0.212. The number of ether oxygens (including phenoxy) is 2. The number of nitrogens with zero attached hydrogens (tertiary/aromatic N) is 5. The van der Waals surface area contributed by atoms with E-state index in [1.54, 1.807) is 24.5 Å². The highest BCUT2D eigenvalue weighted by molar-refractivity contribution is 7.18. The van der Waals surface area contributed by atoms with Crippen molar-refractivity contribution in [3.8, 4) is 28.1 Å². The minimum Gasteiger partial charge on any atom is -0.490 e. The van der Waals surface area contributed by atoms with Gasteiger partial charge in [0.15, 0.2) is 0 Å². The number of anilines is 1. The summed E-state index contributed by atoms with van der Waals surface area (Å²) >= 11 is 1.66. The van der Waals surface area contributed by atoms with Crippen molar-refractivity contribution in [3.05, 3.63) is 60.5 Å². The normalized spacial score (nSPS) is 21.5.